The summed E-state index contributed by atoms with van der Waals surface area (Å²) in [5.41, 5.74) is 1.86. The highest BCUT2D eigenvalue weighted by atomic mass is 32.2. The van der Waals surface area contributed by atoms with Crippen molar-refractivity contribution in [2.24, 2.45) is 5.92 Å². The van der Waals surface area contributed by atoms with Crippen LogP contribution >= 0.6 is 11.8 Å². The predicted molar refractivity (Wildman–Crippen MR) is 123 cm³/mol. The van der Waals surface area contributed by atoms with Gasteiger partial charge >= 0.3 is 0 Å². The third-order valence-corrected chi connectivity index (χ3v) is 7.23. The van der Waals surface area contributed by atoms with Crippen molar-refractivity contribution in [3.8, 4) is 0 Å². The summed E-state index contributed by atoms with van der Waals surface area (Å²) in [6.45, 7) is 2.63. The van der Waals surface area contributed by atoms with E-state index in [4.69, 9.17) is 4.74 Å². The van der Waals surface area contributed by atoms with Crippen LogP contribution in [0.1, 0.15) is 41.6 Å². The van der Waals surface area contributed by atoms with Crippen molar-refractivity contribution in [2.45, 2.75) is 43.2 Å². The number of ether oxygens (including phenoxy) is 1. The summed E-state index contributed by atoms with van der Waals surface area (Å²) >= 11 is 1.71. The second-order valence-corrected chi connectivity index (χ2v) is 9.27. The molecule has 2 aliphatic rings. The quantitative estimate of drug-likeness (QED) is 0.661. The minimum Gasteiger partial charge on any atom is -0.377 e. The minimum absolute atomic E-state index is 0.0307. The maximum Gasteiger partial charge on any atom is 0.254 e. The van der Waals surface area contributed by atoms with Crippen LogP contribution in [-0.4, -0.2) is 48.3 Å². The van der Waals surface area contributed by atoms with Gasteiger partial charge in [0.1, 0.15) is 0 Å². The Morgan fingerprint density at radius 2 is 1.74 bits per heavy atom. The Balaban J connectivity index is 1.28. The van der Waals surface area contributed by atoms with Gasteiger partial charge in [-0.2, -0.15) is 0 Å². The van der Waals surface area contributed by atoms with Gasteiger partial charge in [-0.1, -0.05) is 42.5 Å². The number of nitrogens with one attached hydrogen (secondary N) is 1. The van der Waals surface area contributed by atoms with Crippen molar-refractivity contribution in [1.82, 2.24) is 10.2 Å². The average Bonchev–Trinajstić information content (AvgIpc) is 3.35. The highest BCUT2D eigenvalue weighted by Crippen LogP contribution is 2.28. The van der Waals surface area contributed by atoms with E-state index in [0.29, 0.717) is 38.6 Å². The first-order valence-electron chi connectivity index (χ1n) is 11.1. The summed E-state index contributed by atoms with van der Waals surface area (Å²) in [6.07, 6.45) is 3.93. The summed E-state index contributed by atoms with van der Waals surface area (Å²) in [6, 6.07) is 17.8. The molecule has 2 saturated heterocycles. The van der Waals surface area contributed by atoms with Crippen molar-refractivity contribution in [2.75, 3.05) is 25.4 Å². The highest BCUT2D eigenvalue weighted by molar-refractivity contribution is 7.99. The van der Waals surface area contributed by atoms with Crippen LogP contribution in [0.5, 0.6) is 0 Å². The van der Waals surface area contributed by atoms with Gasteiger partial charge in [-0.3, -0.25) is 9.59 Å². The average molecular weight is 439 g/mol. The summed E-state index contributed by atoms with van der Waals surface area (Å²) in [5.74, 6) is 1.01. The number of likely N-dealkylation sites (tertiary alicyclic amines) is 1. The monoisotopic (exact) mass is 438 g/mol. The number of carbonyl (C=O) groups excluding carboxylic acids is 2. The van der Waals surface area contributed by atoms with Gasteiger partial charge in [0.25, 0.3) is 5.91 Å². The van der Waals surface area contributed by atoms with Crippen LogP contribution in [-0.2, 0) is 16.1 Å². The topological polar surface area (TPSA) is 58.6 Å². The zero-order valence-corrected chi connectivity index (χ0v) is 18.6. The summed E-state index contributed by atoms with van der Waals surface area (Å²) in [7, 11) is 0. The minimum atomic E-state index is -0.0307. The van der Waals surface area contributed by atoms with Gasteiger partial charge in [-0.15, -0.1) is 11.8 Å². The van der Waals surface area contributed by atoms with Crippen LogP contribution in [0.3, 0.4) is 0 Å². The second-order valence-electron chi connectivity index (χ2n) is 8.21. The Morgan fingerprint density at radius 3 is 2.48 bits per heavy atom. The molecule has 0 radical (unpaired) electrons. The molecule has 6 heteroatoms. The van der Waals surface area contributed by atoms with E-state index in [2.05, 4.69) is 5.32 Å². The predicted octanol–water partition coefficient (Wildman–Crippen LogP) is 4.13. The van der Waals surface area contributed by atoms with E-state index in [-0.39, 0.29) is 17.7 Å². The first kappa shape index (κ1) is 21.9. The van der Waals surface area contributed by atoms with Crippen LogP contribution < -0.4 is 5.32 Å². The molecular weight excluding hydrogens is 408 g/mol. The van der Waals surface area contributed by atoms with Crippen LogP contribution in [0.4, 0.5) is 0 Å². The summed E-state index contributed by atoms with van der Waals surface area (Å²) in [5, 5.41) is 3.04. The van der Waals surface area contributed by atoms with E-state index in [0.717, 1.165) is 41.2 Å². The molecule has 1 unspecified atom stereocenters. The van der Waals surface area contributed by atoms with Crippen molar-refractivity contribution >= 4 is 23.6 Å². The highest BCUT2D eigenvalue weighted by Gasteiger charge is 2.28. The standard InChI is InChI=1S/C25H30N2O3S/c28-24(26-17-19-7-2-1-3-8-19)20-12-14-27(15-13-20)25(29)22-10-4-5-11-23(22)31-18-21-9-6-16-30-21/h1-5,7-8,10-11,20-21H,6,9,12-18H2,(H,26,28). The smallest absolute Gasteiger partial charge is 0.254 e. The number of carbonyl (C=O) groups is 2. The van der Waals surface area contributed by atoms with Gasteiger partial charge in [0.2, 0.25) is 5.91 Å². The van der Waals surface area contributed by atoms with E-state index in [1.807, 2.05) is 59.5 Å². The fraction of sp³-hybridized carbons (Fsp3) is 0.440. The fourth-order valence-corrected chi connectivity index (χ4v) is 5.29. The van der Waals surface area contributed by atoms with E-state index in [9.17, 15) is 9.59 Å². The van der Waals surface area contributed by atoms with Crippen LogP contribution in [0.15, 0.2) is 59.5 Å². The first-order chi connectivity index (χ1) is 15.2. The molecule has 31 heavy (non-hydrogen) atoms. The largest absolute Gasteiger partial charge is 0.377 e. The SMILES string of the molecule is O=C(NCc1ccccc1)C1CCN(C(=O)c2ccccc2SCC2CCCO2)CC1. The molecule has 5 nitrogen and oxygen atoms in total. The molecule has 2 aromatic carbocycles. The van der Waals surface area contributed by atoms with Crippen LogP contribution in [0.25, 0.3) is 0 Å². The molecule has 0 spiro atoms. The molecule has 2 amide bonds. The molecule has 1 N–H and O–H groups in total. The molecule has 4 rings (SSSR count). The molecule has 0 aromatic heterocycles. The first-order valence-corrected chi connectivity index (χ1v) is 12.1. The van der Waals surface area contributed by atoms with E-state index in [1.165, 1.54) is 0 Å². The molecule has 2 aromatic rings. The third kappa shape index (κ3) is 5.89. The number of amides is 2. The number of hydrogen-bond acceptors (Lipinski definition) is 4. The number of benzene rings is 2. The second kappa shape index (κ2) is 10.8. The van der Waals surface area contributed by atoms with E-state index in [1.54, 1.807) is 11.8 Å². The van der Waals surface area contributed by atoms with E-state index >= 15 is 0 Å². The molecule has 2 heterocycles. The Kier molecular flexibility index (Phi) is 7.65. The molecular formula is C25H30N2O3S. The van der Waals surface area contributed by atoms with Crippen molar-refractivity contribution in [1.29, 1.82) is 0 Å². The maximum absolute atomic E-state index is 13.2. The lowest BCUT2D eigenvalue weighted by atomic mass is 9.95. The summed E-state index contributed by atoms with van der Waals surface area (Å²) in [4.78, 5) is 28.7. The normalized spacial score (nSPS) is 19.4. The summed E-state index contributed by atoms with van der Waals surface area (Å²) < 4.78 is 5.72. The van der Waals surface area contributed by atoms with Gasteiger partial charge < -0.3 is 15.0 Å². The lowest BCUT2D eigenvalue weighted by Gasteiger charge is -2.32. The lowest BCUT2D eigenvalue weighted by Crippen LogP contribution is -2.43. The molecule has 0 aliphatic carbocycles. The Labute approximate surface area is 188 Å². The molecule has 1 atom stereocenters. The Bertz CT molecular complexity index is 875. The number of piperidine rings is 1. The van der Waals surface area contributed by atoms with Crippen molar-refractivity contribution in [3.05, 3.63) is 65.7 Å². The van der Waals surface area contributed by atoms with Crippen molar-refractivity contribution in [3.63, 3.8) is 0 Å². The van der Waals surface area contributed by atoms with Gasteiger partial charge in [0.15, 0.2) is 0 Å². The van der Waals surface area contributed by atoms with Crippen molar-refractivity contribution < 1.29 is 14.3 Å². The van der Waals surface area contributed by atoms with Crippen LogP contribution in [0.2, 0.25) is 0 Å². The number of thioether (sulfide) groups is 1. The Hall–Kier alpha value is -2.31. The fourth-order valence-electron chi connectivity index (χ4n) is 4.17. The van der Waals surface area contributed by atoms with E-state index < -0.39 is 0 Å². The van der Waals surface area contributed by atoms with Crippen LogP contribution in [0, 0.1) is 5.92 Å². The zero-order chi connectivity index (χ0) is 21.5. The molecule has 164 valence electrons. The lowest BCUT2D eigenvalue weighted by molar-refractivity contribution is -0.126. The Morgan fingerprint density at radius 1 is 1.00 bits per heavy atom. The van der Waals surface area contributed by atoms with Gasteiger partial charge in [0.05, 0.1) is 11.7 Å². The molecule has 2 aliphatic heterocycles. The molecule has 2 fully saturated rings. The van der Waals surface area contributed by atoms with Gasteiger partial charge in [0, 0.05) is 42.8 Å². The number of nitrogens with zero attached hydrogens (tertiary/aromatic N) is 1. The number of rotatable bonds is 7. The maximum atomic E-state index is 13.2. The zero-order valence-electron chi connectivity index (χ0n) is 17.8. The molecule has 0 saturated carbocycles. The van der Waals surface area contributed by atoms with Gasteiger partial charge in [-0.25, -0.2) is 0 Å². The van der Waals surface area contributed by atoms with Gasteiger partial charge in [-0.05, 0) is 43.4 Å². The third-order valence-electron chi connectivity index (χ3n) is 6.03. The number of hydrogen-bond donors (Lipinski definition) is 1. The molecule has 0 bridgehead atoms.